The first-order valence-corrected chi connectivity index (χ1v) is 7.84. The molecule has 1 aromatic heterocycles. The summed E-state index contributed by atoms with van der Waals surface area (Å²) in [6.45, 7) is 9.28. The Labute approximate surface area is 127 Å². The fourth-order valence-corrected chi connectivity index (χ4v) is 2.58. The molecule has 21 heavy (non-hydrogen) atoms. The number of benzene rings is 1. The summed E-state index contributed by atoms with van der Waals surface area (Å²) in [6.07, 6.45) is 2.09. The zero-order valence-corrected chi connectivity index (χ0v) is 13.3. The molecule has 0 spiro atoms. The summed E-state index contributed by atoms with van der Waals surface area (Å²) in [4.78, 5) is 2.37. The monoisotopic (exact) mass is 286 g/mol. The van der Waals surface area contributed by atoms with Crippen LogP contribution in [0.4, 0.5) is 11.4 Å². The zero-order chi connectivity index (χ0) is 15.2. The van der Waals surface area contributed by atoms with Crippen molar-refractivity contribution in [2.45, 2.75) is 46.7 Å². The van der Waals surface area contributed by atoms with Crippen LogP contribution >= 0.6 is 0 Å². The second-order valence-corrected chi connectivity index (χ2v) is 5.31. The van der Waals surface area contributed by atoms with Gasteiger partial charge in [-0.1, -0.05) is 19.9 Å². The molecule has 1 heterocycles. The first kappa shape index (κ1) is 15.4. The van der Waals surface area contributed by atoms with E-state index in [1.165, 1.54) is 11.4 Å². The molecule has 0 aliphatic carbocycles. The highest BCUT2D eigenvalue weighted by Crippen LogP contribution is 2.21. The maximum Gasteiger partial charge on any atom is 0.0625 e. The molecule has 2 N–H and O–H groups in total. The van der Waals surface area contributed by atoms with E-state index in [2.05, 4.69) is 47.6 Å². The van der Waals surface area contributed by atoms with Gasteiger partial charge in [0.15, 0.2) is 0 Å². The van der Waals surface area contributed by atoms with Crippen molar-refractivity contribution in [1.82, 2.24) is 9.78 Å². The van der Waals surface area contributed by atoms with E-state index in [0.717, 1.165) is 43.9 Å². The molecule has 0 unspecified atom stereocenters. The normalized spacial score (nSPS) is 10.8. The summed E-state index contributed by atoms with van der Waals surface area (Å²) in [5.74, 6) is 0. The number of anilines is 2. The molecule has 0 saturated carbocycles. The van der Waals surface area contributed by atoms with Crippen molar-refractivity contribution in [3.63, 3.8) is 0 Å². The van der Waals surface area contributed by atoms with Crippen molar-refractivity contribution >= 4 is 11.4 Å². The third-order valence-corrected chi connectivity index (χ3v) is 3.66. The second kappa shape index (κ2) is 7.16. The molecule has 0 amide bonds. The Morgan fingerprint density at radius 1 is 1.19 bits per heavy atom. The minimum atomic E-state index is 0.812. The van der Waals surface area contributed by atoms with Gasteiger partial charge in [0.1, 0.15) is 0 Å². The Kier molecular flexibility index (Phi) is 5.26. The average Bonchev–Trinajstić information content (AvgIpc) is 2.89. The van der Waals surface area contributed by atoms with E-state index in [9.17, 15) is 0 Å². The van der Waals surface area contributed by atoms with E-state index in [-0.39, 0.29) is 0 Å². The molecule has 114 valence electrons. The Hall–Kier alpha value is -1.97. The predicted octanol–water partition coefficient (Wildman–Crippen LogP) is 3.46. The number of nitrogens with two attached hydrogens (primary N) is 1. The first-order valence-electron chi connectivity index (χ1n) is 7.84. The number of rotatable bonds is 7. The van der Waals surface area contributed by atoms with Crippen LogP contribution in [0.3, 0.4) is 0 Å². The molecule has 0 radical (unpaired) electrons. The highest BCUT2D eigenvalue weighted by molar-refractivity contribution is 5.56. The lowest BCUT2D eigenvalue weighted by Crippen LogP contribution is -2.25. The van der Waals surface area contributed by atoms with Gasteiger partial charge in [-0.05, 0) is 44.0 Å². The van der Waals surface area contributed by atoms with Crippen molar-refractivity contribution in [3.05, 3.63) is 41.7 Å². The van der Waals surface area contributed by atoms with Crippen molar-refractivity contribution < 1.29 is 0 Å². The zero-order valence-electron chi connectivity index (χ0n) is 13.3. The van der Waals surface area contributed by atoms with Crippen molar-refractivity contribution in [2.24, 2.45) is 0 Å². The highest BCUT2D eigenvalue weighted by Gasteiger charge is 2.12. The van der Waals surface area contributed by atoms with Crippen molar-refractivity contribution in [1.29, 1.82) is 0 Å². The molecule has 2 rings (SSSR count). The van der Waals surface area contributed by atoms with Crippen molar-refractivity contribution in [2.75, 3.05) is 17.2 Å². The molecule has 0 saturated heterocycles. The first-order chi connectivity index (χ1) is 10.2. The van der Waals surface area contributed by atoms with E-state index < -0.39 is 0 Å². The summed E-state index contributed by atoms with van der Waals surface area (Å²) in [6, 6.07) is 10.3. The van der Waals surface area contributed by atoms with E-state index >= 15 is 0 Å². The molecule has 0 atom stereocenters. The molecule has 0 fully saturated rings. The van der Waals surface area contributed by atoms with Crippen LogP contribution in [0.25, 0.3) is 0 Å². The highest BCUT2D eigenvalue weighted by atomic mass is 15.3. The molecule has 4 nitrogen and oxygen atoms in total. The molecule has 0 aliphatic rings. The molecule has 1 aromatic carbocycles. The van der Waals surface area contributed by atoms with Gasteiger partial charge >= 0.3 is 0 Å². The largest absolute Gasteiger partial charge is 0.399 e. The van der Waals surface area contributed by atoms with Crippen LogP contribution in [-0.2, 0) is 19.5 Å². The van der Waals surface area contributed by atoms with Gasteiger partial charge in [-0.3, -0.25) is 4.68 Å². The third-order valence-electron chi connectivity index (χ3n) is 3.66. The van der Waals surface area contributed by atoms with Crippen LogP contribution in [0.1, 0.15) is 38.6 Å². The van der Waals surface area contributed by atoms with Gasteiger partial charge in [0.2, 0.25) is 0 Å². The lowest BCUT2D eigenvalue weighted by Gasteiger charge is -2.25. The average molecular weight is 286 g/mol. The molecular weight excluding hydrogens is 260 g/mol. The smallest absolute Gasteiger partial charge is 0.0625 e. The van der Waals surface area contributed by atoms with Gasteiger partial charge < -0.3 is 10.6 Å². The summed E-state index contributed by atoms with van der Waals surface area (Å²) in [5.41, 5.74) is 10.3. The summed E-state index contributed by atoms with van der Waals surface area (Å²) in [5, 5.41) is 4.64. The Morgan fingerprint density at radius 2 is 2.00 bits per heavy atom. The predicted molar refractivity (Wildman–Crippen MR) is 89.5 cm³/mol. The van der Waals surface area contributed by atoms with Gasteiger partial charge in [-0.2, -0.15) is 5.10 Å². The van der Waals surface area contributed by atoms with Crippen LogP contribution in [0.5, 0.6) is 0 Å². The standard InChI is InChI=1S/C17H26N4/c1-4-10-20(16-9-7-8-14(18)11-16)13-17-12-15(5-2)19-21(17)6-3/h7-9,11-12H,4-6,10,13,18H2,1-3H3. The van der Waals surface area contributed by atoms with E-state index in [0.29, 0.717) is 0 Å². The number of hydrogen-bond acceptors (Lipinski definition) is 3. The number of nitrogen functional groups attached to an aromatic ring is 1. The quantitative estimate of drug-likeness (QED) is 0.793. The number of aryl methyl sites for hydroxylation is 2. The Balaban J connectivity index is 2.25. The van der Waals surface area contributed by atoms with E-state index in [1.54, 1.807) is 0 Å². The maximum absolute atomic E-state index is 5.92. The topological polar surface area (TPSA) is 47.1 Å². The SMILES string of the molecule is CCCN(Cc1cc(CC)nn1CC)c1cccc(N)c1. The minimum absolute atomic E-state index is 0.812. The van der Waals surface area contributed by atoms with Crippen LogP contribution in [0.2, 0.25) is 0 Å². The fourth-order valence-electron chi connectivity index (χ4n) is 2.58. The van der Waals surface area contributed by atoms with Gasteiger partial charge in [0.25, 0.3) is 0 Å². The van der Waals surface area contributed by atoms with E-state index in [4.69, 9.17) is 5.73 Å². The lowest BCUT2D eigenvalue weighted by atomic mass is 10.2. The number of aromatic nitrogens is 2. The summed E-state index contributed by atoms with van der Waals surface area (Å²) >= 11 is 0. The van der Waals surface area contributed by atoms with Gasteiger partial charge in [-0.15, -0.1) is 0 Å². The second-order valence-electron chi connectivity index (χ2n) is 5.31. The van der Waals surface area contributed by atoms with Crippen LogP contribution in [-0.4, -0.2) is 16.3 Å². The van der Waals surface area contributed by atoms with Crippen LogP contribution < -0.4 is 10.6 Å². The Bertz CT molecular complexity index is 574. The lowest BCUT2D eigenvalue weighted by molar-refractivity contribution is 0.601. The summed E-state index contributed by atoms with van der Waals surface area (Å²) < 4.78 is 2.10. The van der Waals surface area contributed by atoms with Gasteiger partial charge in [0.05, 0.1) is 17.9 Å². The molecule has 0 aliphatic heterocycles. The Morgan fingerprint density at radius 3 is 2.62 bits per heavy atom. The summed E-state index contributed by atoms with van der Waals surface area (Å²) in [7, 11) is 0. The number of hydrogen-bond donors (Lipinski definition) is 1. The fraction of sp³-hybridized carbons (Fsp3) is 0.471. The van der Waals surface area contributed by atoms with Gasteiger partial charge in [-0.25, -0.2) is 0 Å². The molecule has 2 aromatic rings. The van der Waals surface area contributed by atoms with Crippen LogP contribution in [0.15, 0.2) is 30.3 Å². The minimum Gasteiger partial charge on any atom is -0.399 e. The van der Waals surface area contributed by atoms with Crippen LogP contribution in [0, 0.1) is 0 Å². The third kappa shape index (κ3) is 3.78. The maximum atomic E-state index is 5.92. The van der Waals surface area contributed by atoms with Crippen molar-refractivity contribution in [3.8, 4) is 0 Å². The molecular formula is C17H26N4. The number of nitrogens with zero attached hydrogens (tertiary/aromatic N) is 3. The molecule has 0 bridgehead atoms. The molecule has 4 heteroatoms. The van der Waals surface area contributed by atoms with Gasteiger partial charge in [0, 0.05) is 24.5 Å². The van der Waals surface area contributed by atoms with E-state index in [1.807, 2.05) is 18.2 Å².